The lowest BCUT2D eigenvalue weighted by atomic mass is 9.96. The predicted molar refractivity (Wildman–Crippen MR) is 171 cm³/mol. The van der Waals surface area contributed by atoms with Crippen molar-refractivity contribution in [3.8, 4) is 0 Å². The van der Waals surface area contributed by atoms with Crippen molar-refractivity contribution in [3.63, 3.8) is 0 Å². The molecule has 3 nitrogen and oxygen atoms in total. The fourth-order valence-corrected chi connectivity index (χ4v) is 6.18. The first-order valence-electron chi connectivity index (χ1n) is 15.0. The monoisotopic (exact) mass is 549 g/mol. The highest BCUT2D eigenvalue weighted by Crippen LogP contribution is 2.37. The second-order valence-corrected chi connectivity index (χ2v) is 11.7. The first-order valence-corrected chi connectivity index (χ1v) is 15.0. The van der Waals surface area contributed by atoms with Gasteiger partial charge in [-0.25, -0.2) is 4.39 Å². The van der Waals surface area contributed by atoms with E-state index in [4.69, 9.17) is 0 Å². The summed E-state index contributed by atoms with van der Waals surface area (Å²) in [6.45, 7) is 21.2. The summed E-state index contributed by atoms with van der Waals surface area (Å²) < 4.78 is 14.5. The van der Waals surface area contributed by atoms with Gasteiger partial charge in [0.15, 0.2) is 0 Å². The van der Waals surface area contributed by atoms with Crippen molar-refractivity contribution >= 4 is 11.4 Å². The molecule has 0 aliphatic carbocycles. The predicted octanol–water partition coefficient (Wildman–Crippen LogP) is 8.29. The number of allylic oxidation sites excluding steroid dienone is 1. The van der Waals surface area contributed by atoms with Gasteiger partial charge in [0, 0.05) is 43.5 Å². The molecule has 0 spiro atoms. The van der Waals surface area contributed by atoms with Gasteiger partial charge in [-0.05, 0) is 79.0 Å². The molecule has 0 aromatic heterocycles. The molecule has 2 aliphatic heterocycles. The number of aryl methyl sites for hydroxylation is 3. The molecule has 1 atom stereocenters. The second-order valence-electron chi connectivity index (χ2n) is 11.7. The quantitative estimate of drug-likeness (QED) is 0.211. The highest BCUT2D eigenvalue weighted by Gasteiger charge is 2.28. The molecule has 0 N–H and O–H groups in total. The summed E-state index contributed by atoms with van der Waals surface area (Å²) in [6, 6.07) is 21.5. The minimum atomic E-state index is -0.129. The van der Waals surface area contributed by atoms with Crippen molar-refractivity contribution in [1.82, 2.24) is 9.80 Å². The molecule has 1 fully saturated rings. The number of hydrogen-bond acceptors (Lipinski definition) is 3. The van der Waals surface area contributed by atoms with Crippen LogP contribution in [-0.2, 0) is 25.9 Å². The average molecular weight is 550 g/mol. The van der Waals surface area contributed by atoms with E-state index in [2.05, 4.69) is 89.9 Å². The summed E-state index contributed by atoms with van der Waals surface area (Å²) in [6.07, 6.45) is 7.18. The average Bonchev–Trinajstić information content (AvgIpc) is 3.57. The van der Waals surface area contributed by atoms with Crippen LogP contribution in [0.25, 0.3) is 5.70 Å². The topological polar surface area (TPSA) is 9.72 Å². The fourth-order valence-electron chi connectivity index (χ4n) is 6.18. The molecular formula is C37H44FN3. The molecule has 41 heavy (non-hydrogen) atoms. The van der Waals surface area contributed by atoms with E-state index in [-0.39, 0.29) is 11.9 Å². The summed E-state index contributed by atoms with van der Waals surface area (Å²) in [4.78, 5) is 6.94. The molecule has 0 radical (unpaired) electrons. The zero-order valence-electron chi connectivity index (χ0n) is 24.8. The molecule has 1 saturated heterocycles. The van der Waals surface area contributed by atoms with Crippen LogP contribution in [0.2, 0.25) is 0 Å². The fraction of sp³-hybridized carbons (Fsp3) is 0.351. The van der Waals surface area contributed by atoms with Crippen LogP contribution in [0, 0.1) is 12.7 Å². The minimum Gasteiger partial charge on any atom is -0.361 e. The molecule has 0 bridgehead atoms. The highest BCUT2D eigenvalue weighted by molar-refractivity contribution is 5.71. The van der Waals surface area contributed by atoms with Crippen molar-refractivity contribution in [1.29, 1.82) is 0 Å². The standard InChI is InChI=1S/C37H44FN3/c1-6-27(3)11-19-33(7-2)41-25-35-32(9-8-10-34(35)29(41)5)18-17-30-13-15-31(16-14-30)24-39-21-22-40(26-39)37-20-12-28(4)23-36(37)38/h7-10,12-16,20,23,33H,2-3,5-6,11,17-19,21-22,24-26H2,1,4H3. The number of anilines is 1. The third-order valence-corrected chi connectivity index (χ3v) is 8.84. The Hall–Kier alpha value is -3.63. The summed E-state index contributed by atoms with van der Waals surface area (Å²) in [7, 11) is 0. The Morgan fingerprint density at radius 3 is 2.54 bits per heavy atom. The highest BCUT2D eigenvalue weighted by atomic mass is 19.1. The van der Waals surface area contributed by atoms with E-state index in [0.717, 1.165) is 76.2 Å². The zero-order valence-corrected chi connectivity index (χ0v) is 24.8. The number of rotatable bonds is 12. The third-order valence-electron chi connectivity index (χ3n) is 8.84. The van der Waals surface area contributed by atoms with Crippen LogP contribution < -0.4 is 4.90 Å². The van der Waals surface area contributed by atoms with Gasteiger partial charge in [-0.2, -0.15) is 0 Å². The lowest BCUT2D eigenvalue weighted by molar-refractivity contribution is 0.331. The molecule has 4 heteroatoms. The molecule has 3 aromatic carbocycles. The van der Waals surface area contributed by atoms with Crippen LogP contribution in [0.3, 0.4) is 0 Å². The maximum absolute atomic E-state index is 14.5. The number of fused-ring (bicyclic) bond motifs is 1. The van der Waals surface area contributed by atoms with Crippen LogP contribution in [0.4, 0.5) is 10.1 Å². The van der Waals surface area contributed by atoms with Crippen molar-refractivity contribution in [2.45, 2.75) is 65.1 Å². The Morgan fingerprint density at radius 2 is 1.80 bits per heavy atom. The second kappa shape index (κ2) is 12.9. The SMILES string of the molecule is C=CC(CCC(=C)CC)N1Cc2c(CCc3ccc(CN4CCN(c5ccc(C)cc5F)C4)cc3)cccc2C1=C. The Balaban J connectivity index is 1.16. The Kier molecular flexibility index (Phi) is 9.09. The molecule has 3 aromatic rings. The minimum absolute atomic E-state index is 0.129. The van der Waals surface area contributed by atoms with Crippen LogP contribution >= 0.6 is 0 Å². The summed E-state index contributed by atoms with van der Waals surface area (Å²) in [5, 5.41) is 0. The first-order chi connectivity index (χ1) is 19.9. The third kappa shape index (κ3) is 6.65. The first kappa shape index (κ1) is 28.9. The normalized spacial score (nSPS) is 15.8. The van der Waals surface area contributed by atoms with E-state index < -0.39 is 0 Å². The molecule has 1 unspecified atom stereocenters. The van der Waals surface area contributed by atoms with Gasteiger partial charge < -0.3 is 9.80 Å². The molecular weight excluding hydrogens is 505 g/mol. The maximum Gasteiger partial charge on any atom is 0.146 e. The van der Waals surface area contributed by atoms with E-state index >= 15 is 0 Å². The number of hydrogen-bond donors (Lipinski definition) is 0. The lowest BCUT2D eigenvalue weighted by Gasteiger charge is -2.28. The van der Waals surface area contributed by atoms with Gasteiger partial charge in [-0.15, -0.1) is 6.58 Å². The molecule has 2 heterocycles. The summed E-state index contributed by atoms with van der Waals surface area (Å²) in [5.41, 5.74) is 10.8. The van der Waals surface area contributed by atoms with Gasteiger partial charge in [0.2, 0.25) is 0 Å². The number of nitrogens with zero attached hydrogens (tertiary/aromatic N) is 3. The molecule has 5 rings (SSSR count). The van der Waals surface area contributed by atoms with E-state index in [0.29, 0.717) is 5.69 Å². The maximum atomic E-state index is 14.5. The number of halogens is 1. The Labute approximate surface area is 246 Å². The zero-order chi connectivity index (χ0) is 28.9. The molecule has 214 valence electrons. The van der Waals surface area contributed by atoms with Gasteiger partial charge in [-0.3, -0.25) is 4.90 Å². The van der Waals surface area contributed by atoms with Crippen LogP contribution in [0.1, 0.15) is 59.6 Å². The van der Waals surface area contributed by atoms with Crippen LogP contribution in [0.5, 0.6) is 0 Å². The van der Waals surface area contributed by atoms with E-state index in [1.165, 1.54) is 33.4 Å². The van der Waals surface area contributed by atoms with Crippen LogP contribution in [-0.4, -0.2) is 35.6 Å². The van der Waals surface area contributed by atoms with Crippen molar-refractivity contribution in [2.24, 2.45) is 0 Å². The van der Waals surface area contributed by atoms with Crippen molar-refractivity contribution in [2.75, 3.05) is 24.7 Å². The largest absolute Gasteiger partial charge is 0.361 e. The Bertz CT molecular complexity index is 1410. The van der Waals surface area contributed by atoms with Crippen molar-refractivity contribution in [3.05, 3.63) is 131 Å². The van der Waals surface area contributed by atoms with Gasteiger partial charge >= 0.3 is 0 Å². The van der Waals surface area contributed by atoms with E-state index in [1.807, 2.05) is 19.1 Å². The lowest BCUT2D eigenvalue weighted by Crippen LogP contribution is -2.27. The molecule has 0 amide bonds. The summed E-state index contributed by atoms with van der Waals surface area (Å²) in [5.74, 6) is -0.129. The van der Waals surface area contributed by atoms with Gasteiger partial charge in [0.05, 0.1) is 12.4 Å². The van der Waals surface area contributed by atoms with Crippen LogP contribution in [0.15, 0.2) is 92.0 Å². The molecule has 0 saturated carbocycles. The number of benzene rings is 3. The summed E-state index contributed by atoms with van der Waals surface area (Å²) >= 11 is 0. The van der Waals surface area contributed by atoms with Gasteiger partial charge in [0.1, 0.15) is 5.82 Å². The molecule has 2 aliphatic rings. The van der Waals surface area contributed by atoms with Gasteiger partial charge in [0.25, 0.3) is 0 Å². The van der Waals surface area contributed by atoms with Gasteiger partial charge in [-0.1, -0.05) is 80.3 Å². The Morgan fingerprint density at radius 1 is 1.02 bits per heavy atom. The van der Waals surface area contributed by atoms with Crippen molar-refractivity contribution < 1.29 is 4.39 Å². The van der Waals surface area contributed by atoms with E-state index in [1.54, 1.807) is 6.07 Å². The van der Waals surface area contributed by atoms with E-state index in [9.17, 15) is 4.39 Å². The smallest absolute Gasteiger partial charge is 0.146 e.